The van der Waals surface area contributed by atoms with Gasteiger partial charge >= 0.3 is 12.1 Å². The number of carbonyl (C=O) groups is 4. The molecule has 3 atom stereocenters. The summed E-state index contributed by atoms with van der Waals surface area (Å²) in [5.74, 6) is -1.85. The molecule has 2 aromatic carbocycles. The van der Waals surface area contributed by atoms with Crippen LogP contribution in [0.3, 0.4) is 0 Å². The fraction of sp³-hybridized carbons (Fsp3) is 0.500. The normalized spacial score (nSPS) is 20.1. The highest BCUT2D eigenvalue weighted by atomic mass is 16.6. The van der Waals surface area contributed by atoms with Gasteiger partial charge in [0.1, 0.15) is 23.9 Å². The number of pyridine rings is 1. The molecule has 6 bridgehead atoms. The number of aromatic hydroxyl groups is 1. The Hall–Kier alpha value is -5.51. The lowest BCUT2D eigenvalue weighted by molar-refractivity contribution is -0.155. The fourth-order valence-corrected chi connectivity index (χ4v) is 8.72. The second kappa shape index (κ2) is 18.2. The number of methoxy groups -OCH3 is 1. The van der Waals surface area contributed by atoms with E-state index in [2.05, 4.69) is 54.3 Å². The standard InChI is InChI=1S/C46H58N6O9/c1-8-51-39-14-13-29-21-34(39)35(41(51)33-11-9-15-47-38(33)25-58-7)22-46(4,5)26-60-44(56)36-12-10-16-52(49-36)43(55)37(19-28-17-30(29)20-31(53)18-28)48-42(54)40(27(2)3)50(6)45(57)61-32-23-59-24-32/h9,11,13-15,17-18,20-21,27,32,36-37,40,49,53H,8,10,12,16,19,22-26H2,1-7H3,(H,48,54)/t36-,37-,40-/m0/s1. The van der Waals surface area contributed by atoms with E-state index in [9.17, 15) is 24.3 Å². The first-order chi connectivity index (χ1) is 29.2. The summed E-state index contributed by atoms with van der Waals surface area (Å²) in [6.07, 6.45) is 2.22. The zero-order chi connectivity index (χ0) is 43.6. The van der Waals surface area contributed by atoms with Gasteiger partial charge in [-0.1, -0.05) is 39.8 Å². The first-order valence-electron chi connectivity index (χ1n) is 21.1. The van der Waals surface area contributed by atoms with Gasteiger partial charge in [0.2, 0.25) is 5.91 Å². The molecule has 0 saturated carbocycles. The van der Waals surface area contributed by atoms with Gasteiger partial charge in [-0.25, -0.2) is 10.2 Å². The second-order valence-corrected chi connectivity index (χ2v) is 17.5. The number of phenols is 1. The number of hydrogen-bond donors (Lipinski definition) is 3. The molecule has 15 heteroatoms. The minimum atomic E-state index is -1.15. The van der Waals surface area contributed by atoms with Crippen molar-refractivity contribution in [2.45, 2.75) is 97.7 Å². The highest BCUT2D eigenvalue weighted by molar-refractivity contribution is 5.96. The highest BCUT2D eigenvalue weighted by Crippen LogP contribution is 2.41. The van der Waals surface area contributed by atoms with Crippen LogP contribution in [-0.2, 0) is 59.3 Å². The third kappa shape index (κ3) is 9.38. The Labute approximate surface area is 356 Å². The number of aromatic nitrogens is 2. The van der Waals surface area contributed by atoms with E-state index < -0.39 is 47.4 Å². The van der Waals surface area contributed by atoms with Gasteiger partial charge in [-0.2, -0.15) is 0 Å². The Kier molecular flexibility index (Phi) is 13.0. The molecule has 4 aromatic rings. The number of phenolic OH excluding ortho intramolecular Hbond substituents is 1. The summed E-state index contributed by atoms with van der Waals surface area (Å²) in [5.41, 5.74) is 9.58. The average molecular weight is 839 g/mol. The largest absolute Gasteiger partial charge is 0.508 e. The molecule has 61 heavy (non-hydrogen) atoms. The van der Waals surface area contributed by atoms with E-state index >= 15 is 0 Å². The molecule has 3 aliphatic heterocycles. The molecule has 3 amide bonds. The minimum absolute atomic E-state index is 0.00101. The number of aryl methyl sites for hydroxylation is 1. The number of carbonyl (C=O) groups excluding carboxylic acids is 4. The van der Waals surface area contributed by atoms with Crippen LogP contribution in [0.1, 0.15) is 64.3 Å². The molecule has 326 valence electrons. The topological polar surface area (TPSA) is 174 Å². The Balaban J connectivity index is 1.33. The monoisotopic (exact) mass is 838 g/mol. The molecule has 5 heterocycles. The quantitative estimate of drug-likeness (QED) is 0.185. The molecular formula is C46H58N6O9. The van der Waals surface area contributed by atoms with Crippen molar-refractivity contribution in [1.29, 1.82) is 0 Å². The van der Waals surface area contributed by atoms with Gasteiger partial charge in [0.25, 0.3) is 5.91 Å². The van der Waals surface area contributed by atoms with Crippen LogP contribution in [0.4, 0.5) is 4.79 Å². The zero-order valence-corrected chi connectivity index (χ0v) is 36.2. The first-order valence-corrected chi connectivity index (χ1v) is 21.1. The summed E-state index contributed by atoms with van der Waals surface area (Å²) in [6, 6.07) is 12.5. The number of nitrogens with one attached hydrogen (secondary N) is 2. The van der Waals surface area contributed by atoms with Gasteiger partial charge in [-0.05, 0) is 90.8 Å². The van der Waals surface area contributed by atoms with Crippen LogP contribution in [0.15, 0.2) is 54.7 Å². The number of hydrazine groups is 1. The molecular weight excluding hydrogens is 781 g/mol. The van der Waals surface area contributed by atoms with Crippen LogP contribution in [0.25, 0.3) is 33.3 Å². The minimum Gasteiger partial charge on any atom is -0.508 e. The number of rotatable bonds is 9. The van der Waals surface area contributed by atoms with E-state index in [-0.39, 0.29) is 37.3 Å². The predicted octanol–water partition coefficient (Wildman–Crippen LogP) is 5.38. The predicted molar refractivity (Wildman–Crippen MR) is 228 cm³/mol. The molecule has 0 spiro atoms. The number of ether oxygens (including phenoxy) is 4. The molecule has 15 nitrogen and oxygen atoms in total. The number of cyclic esters (lactones) is 1. The Morgan fingerprint density at radius 1 is 1.11 bits per heavy atom. The van der Waals surface area contributed by atoms with Crippen molar-refractivity contribution in [1.82, 2.24) is 30.2 Å². The molecule has 2 aromatic heterocycles. The van der Waals surface area contributed by atoms with Crippen LogP contribution >= 0.6 is 0 Å². The Bertz CT molecular complexity index is 2280. The van der Waals surface area contributed by atoms with Gasteiger partial charge in [0.05, 0.1) is 37.8 Å². The molecule has 3 aliphatic rings. The lowest BCUT2D eigenvalue weighted by Gasteiger charge is -2.37. The number of fused-ring (bicyclic) bond motifs is 6. The number of nitrogens with zero attached hydrogens (tertiary/aromatic N) is 4. The summed E-state index contributed by atoms with van der Waals surface area (Å²) >= 11 is 0. The van der Waals surface area contributed by atoms with Crippen LogP contribution in [-0.4, -0.2) is 113 Å². The molecule has 2 saturated heterocycles. The van der Waals surface area contributed by atoms with Crippen molar-refractivity contribution in [2.75, 3.05) is 40.5 Å². The van der Waals surface area contributed by atoms with E-state index in [1.165, 1.54) is 17.0 Å². The average Bonchev–Trinajstić information content (AvgIpc) is 3.51. The lowest BCUT2D eigenvalue weighted by atomic mass is 9.84. The van der Waals surface area contributed by atoms with Crippen molar-refractivity contribution in [3.8, 4) is 28.1 Å². The van der Waals surface area contributed by atoms with Gasteiger partial charge in [-0.3, -0.25) is 29.3 Å². The number of likely N-dealkylation sites (N-methyl/N-ethyl adjacent to an activating group) is 1. The summed E-state index contributed by atoms with van der Waals surface area (Å²) in [6.45, 7) is 11.9. The highest BCUT2D eigenvalue weighted by Gasteiger charge is 2.39. The molecule has 0 aliphatic carbocycles. The van der Waals surface area contributed by atoms with Gasteiger partial charge in [0.15, 0.2) is 6.10 Å². The summed E-state index contributed by atoms with van der Waals surface area (Å²) < 4.78 is 24.6. The maximum atomic E-state index is 14.6. The second-order valence-electron chi connectivity index (χ2n) is 17.5. The third-order valence-electron chi connectivity index (χ3n) is 11.8. The smallest absolute Gasteiger partial charge is 0.410 e. The van der Waals surface area contributed by atoms with Crippen LogP contribution < -0.4 is 10.7 Å². The van der Waals surface area contributed by atoms with Gasteiger partial charge in [-0.15, -0.1) is 0 Å². The van der Waals surface area contributed by atoms with Crippen molar-refractivity contribution >= 4 is 34.8 Å². The van der Waals surface area contributed by atoms with Crippen LogP contribution in [0.2, 0.25) is 0 Å². The van der Waals surface area contributed by atoms with E-state index in [1.54, 1.807) is 25.4 Å². The number of esters is 1. The first kappa shape index (κ1) is 43.6. The summed E-state index contributed by atoms with van der Waals surface area (Å²) in [5, 5.41) is 16.6. The van der Waals surface area contributed by atoms with Gasteiger partial charge in [0, 0.05) is 61.7 Å². The number of amides is 3. The van der Waals surface area contributed by atoms with E-state index in [4.69, 9.17) is 23.9 Å². The van der Waals surface area contributed by atoms with Crippen molar-refractivity contribution in [2.24, 2.45) is 11.3 Å². The maximum absolute atomic E-state index is 14.6. The fourth-order valence-electron chi connectivity index (χ4n) is 8.72. The molecule has 0 radical (unpaired) electrons. The molecule has 7 rings (SSSR count). The SMILES string of the molecule is CCn1c(-c2cccnc2COC)c2c3cc(ccc31)-c1cc(O)cc(c1)C[C@H](NC(=O)[C@H](C(C)C)N(C)C(=O)OC1COC1)C(=O)N1CCC[C@H](N1)C(=O)OCC(C)(C)C2. The Morgan fingerprint density at radius 3 is 2.61 bits per heavy atom. The number of benzene rings is 2. The number of hydrogen-bond acceptors (Lipinski definition) is 11. The lowest BCUT2D eigenvalue weighted by Crippen LogP contribution is -2.62. The Morgan fingerprint density at radius 2 is 1.90 bits per heavy atom. The van der Waals surface area contributed by atoms with E-state index in [1.807, 2.05) is 32.0 Å². The zero-order valence-electron chi connectivity index (χ0n) is 36.2. The molecule has 2 fully saturated rings. The van der Waals surface area contributed by atoms with Crippen molar-refractivity contribution in [3.63, 3.8) is 0 Å². The summed E-state index contributed by atoms with van der Waals surface area (Å²) in [4.78, 5) is 61.7. The maximum Gasteiger partial charge on any atom is 0.410 e. The summed E-state index contributed by atoms with van der Waals surface area (Å²) in [7, 11) is 3.15. The van der Waals surface area contributed by atoms with Crippen molar-refractivity contribution in [3.05, 3.63) is 71.5 Å². The van der Waals surface area contributed by atoms with Crippen LogP contribution in [0.5, 0.6) is 5.75 Å². The molecule has 0 unspecified atom stereocenters. The van der Waals surface area contributed by atoms with E-state index in [0.29, 0.717) is 51.2 Å². The van der Waals surface area contributed by atoms with Crippen LogP contribution in [0, 0.1) is 11.3 Å². The van der Waals surface area contributed by atoms with Crippen molar-refractivity contribution < 1.29 is 43.2 Å². The third-order valence-corrected chi connectivity index (χ3v) is 11.8. The molecule has 3 N–H and O–H groups in total. The van der Waals surface area contributed by atoms with Gasteiger partial charge < -0.3 is 33.9 Å². The van der Waals surface area contributed by atoms with E-state index in [0.717, 1.165) is 44.5 Å².